The van der Waals surface area contributed by atoms with Crippen molar-refractivity contribution in [2.24, 2.45) is 0 Å². The summed E-state index contributed by atoms with van der Waals surface area (Å²) >= 11 is 1.54. The van der Waals surface area contributed by atoms with Crippen LogP contribution < -0.4 is 10.1 Å². The van der Waals surface area contributed by atoms with E-state index in [0.717, 1.165) is 41.3 Å². The Morgan fingerprint density at radius 3 is 2.53 bits per heavy atom. The summed E-state index contributed by atoms with van der Waals surface area (Å²) in [6.45, 7) is 1.35. The molecule has 1 N–H and O–H groups in total. The highest BCUT2D eigenvalue weighted by Crippen LogP contribution is 2.36. The van der Waals surface area contributed by atoms with E-state index < -0.39 is 0 Å². The lowest BCUT2D eigenvalue weighted by atomic mass is 10.1. The highest BCUT2D eigenvalue weighted by Gasteiger charge is 2.22. The number of carbonyl (C=O) groups is 1. The molecule has 0 spiro atoms. The van der Waals surface area contributed by atoms with Crippen molar-refractivity contribution < 1.29 is 14.3 Å². The lowest BCUT2D eigenvalue weighted by Crippen LogP contribution is -2.19. The van der Waals surface area contributed by atoms with Crippen LogP contribution in [0.3, 0.4) is 0 Å². The summed E-state index contributed by atoms with van der Waals surface area (Å²) in [5.41, 5.74) is 1.69. The quantitative estimate of drug-likeness (QED) is 0.475. The molecule has 0 radical (unpaired) electrons. The first-order chi connectivity index (χ1) is 14.8. The summed E-state index contributed by atoms with van der Waals surface area (Å²) in [6, 6.07) is 27.4. The van der Waals surface area contributed by atoms with Crippen LogP contribution in [0.4, 0.5) is 5.69 Å². The fourth-order valence-electron chi connectivity index (χ4n) is 3.37. The monoisotopic (exact) mass is 419 g/mol. The summed E-state index contributed by atoms with van der Waals surface area (Å²) in [5, 5.41) is 2.70. The van der Waals surface area contributed by atoms with Gasteiger partial charge in [0, 0.05) is 23.3 Å². The second-order valence-electron chi connectivity index (χ2n) is 7.18. The Balaban J connectivity index is 1.46. The van der Waals surface area contributed by atoms with Gasteiger partial charge in [0.05, 0.1) is 6.10 Å². The predicted molar refractivity (Wildman–Crippen MR) is 121 cm³/mol. The van der Waals surface area contributed by atoms with Crippen LogP contribution in [0.25, 0.3) is 0 Å². The Kier molecular flexibility index (Phi) is 7.06. The Bertz CT molecular complexity index is 943. The van der Waals surface area contributed by atoms with Crippen molar-refractivity contribution in [1.29, 1.82) is 0 Å². The average Bonchev–Trinajstić information content (AvgIpc) is 3.31. The minimum absolute atomic E-state index is 0.0636. The smallest absolute Gasteiger partial charge is 0.242 e. The molecule has 0 aromatic heterocycles. The minimum atomic E-state index is -0.356. The second-order valence-corrected chi connectivity index (χ2v) is 8.36. The van der Waals surface area contributed by atoms with Crippen molar-refractivity contribution in [2.75, 3.05) is 18.5 Å². The fraction of sp³-hybridized carbons (Fsp3) is 0.240. The third-order valence-electron chi connectivity index (χ3n) is 4.90. The molecule has 1 aliphatic rings. The number of ether oxygens (including phenoxy) is 2. The van der Waals surface area contributed by atoms with Gasteiger partial charge < -0.3 is 14.8 Å². The van der Waals surface area contributed by atoms with Crippen LogP contribution in [0, 0.1) is 0 Å². The van der Waals surface area contributed by atoms with Gasteiger partial charge >= 0.3 is 0 Å². The zero-order valence-corrected chi connectivity index (χ0v) is 17.5. The molecule has 0 bridgehead atoms. The van der Waals surface area contributed by atoms with E-state index in [-0.39, 0.29) is 17.3 Å². The molecule has 1 heterocycles. The number of nitrogens with one attached hydrogen (secondary N) is 1. The van der Waals surface area contributed by atoms with Gasteiger partial charge in [-0.2, -0.15) is 0 Å². The summed E-state index contributed by atoms with van der Waals surface area (Å²) in [5.74, 6) is 0.668. The van der Waals surface area contributed by atoms with Crippen LogP contribution >= 0.6 is 11.8 Å². The molecule has 1 fully saturated rings. The second kappa shape index (κ2) is 10.3. The van der Waals surface area contributed by atoms with Crippen molar-refractivity contribution in [2.45, 2.75) is 29.1 Å². The number of thioether (sulfide) groups is 1. The molecule has 4 rings (SSSR count). The Morgan fingerprint density at radius 2 is 1.80 bits per heavy atom. The molecule has 1 saturated heterocycles. The first kappa shape index (κ1) is 20.5. The van der Waals surface area contributed by atoms with Crippen molar-refractivity contribution in [3.05, 3.63) is 90.5 Å². The van der Waals surface area contributed by atoms with E-state index in [1.54, 1.807) is 11.8 Å². The zero-order valence-electron chi connectivity index (χ0n) is 16.7. The van der Waals surface area contributed by atoms with Crippen molar-refractivity contribution in [3.8, 4) is 5.75 Å². The van der Waals surface area contributed by atoms with Gasteiger partial charge in [0.15, 0.2) is 0 Å². The largest absolute Gasteiger partial charge is 0.491 e. The first-order valence-electron chi connectivity index (χ1n) is 10.2. The molecule has 1 aliphatic heterocycles. The number of hydrogen-bond acceptors (Lipinski definition) is 4. The minimum Gasteiger partial charge on any atom is -0.491 e. The summed E-state index contributed by atoms with van der Waals surface area (Å²) in [6.07, 6.45) is 2.28. The summed E-state index contributed by atoms with van der Waals surface area (Å²) in [4.78, 5) is 14.3. The lowest BCUT2D eigenvalue weighted by molar-refractivity contribution is -0.115. The predicted octanol–water partition coefficient (Wildman–Crippen LogP) is 5.72. The van der Waals surface area contributed by atoms with Gasteiger partial charge in [-0.05, 0) is 42.7 Å². The average molecular weight is 420 g/mol. The van der Waals surface area contributed by atoms with Gasteiger partial charge in [-0.3, -0.25) is 4.79 Å². The maximum absolute atomic E-state index is 13.2. The number of hydrogen-bond donors (Lipinski definition) is 1. The van der Waals surface area contributed by atoms with Crippen molar-refractivity contribution in [1.82, 2.24) is 0 Å². The van der Waals surface area contributed by atoms with Crippen LogP contribution in [0.15, 0.2) is 89.8 Å². The van der Waals surface area contributed by atoms with Gasteiger partial charge in [-0.15, -0.1) is 11.8 Å². The molecule has 1 amide bonds. The fourth-order valence-corrected chi connectivity index (χ4v) is 4.42. The molecule has 0 aliphatic carbocycles. The normalized spacial score (nSPS) is 16.7. The molecule has 3 aromatic rings. The maximum atomic E-state index is 13.2. The molecular formula is C25H25NO3S. The standard InChI is InChI=1S/C25H25NO3S/c27-25(24(19-9-3-1-4-10-19)30-23-14-5-2-6-15-23)26-20-11-7-12-21(17-20)29-18-22-13-8-16-28-22/h1-7,9-12,14-15,17,22,24H,8,13,16,18H2,(H,26,27). The van der Waals surface area contributed by atoms with Crippen LogP contribution in [0.1, 0.15) is 23.7 Å². The number of anilines is 1. The van der Waals surface area contributed by atoms with Crippen LogP contribution in [0.2, 0.25) is 0 Å². The number of rotatable bonds is 8. The van der Waals surface area contributed by atoms with E-state index in [0.29, 0.717) is 6.61 Å². The zero-order chi connectivity index (χ0) is 20.6. The molecule has 5 heteroatoms. The third-order valence-corrected chi connectivity index (χ3v) is 6.17. The highest BCUT2D eigenvalue weighted by molar-refractivity contribution is 8.00. The Hall–Kier alpha value is -2.76. The molecule has 154 valence electrons. The Labute approximate surface area is 181 Å². The van der Waals surface area contributed by atoms with Gasteiger partial charge in [-0.25, -0.2) is 0 Å². The Morgan fingerprint density at radius 1 is 1.03 bits per heavy atom. The molecule has 3 aromatic carbocycles. The van der Waals surface area contributed by atoms with E-state index in [2.05, 4.69) is 5.32 Å². The topological polar surface area (TPSA) is 47.6 Å². The molecule has 4 nitrogen and oxygen atoms in total. The van der Waals surface area contributed by atoms with Gasteiger partial charge in [0.25, 0.3) is 0 Å². The molecule has 2 atom stereocenters. The van der Waals surface area contributed by atoms with Crippen LogP contribution in [0.5, 0.6) is 5.75 Å². The molecule has 30 heavy (non-hydrogen) atoms. The van der Waals surface area contributed by atoms with E-state index in [9.17, 15) is 4.79 Å². The van der Waals surface area contributed by atoms with Gasteiger partial charge in [-0.1, -0.05) is 54.6 Å². The maximum Gasteiger partial charge on any atom is 0.242 e. The summed E-state index contributed by atoms with van der Waals surface area (Å²) in [7, 11) is 0. The van der Waals surface area contributed by atoms with Gasteiger partial charge in [0.2, 0.25) is 5.91 Å². The van der Waals surface area contributed by atoms with Gasteiger partial charge in [0.1, 0.15) is 17.6 Å². The molecular weight excluding hydrogens is 394 g/mol. The number of benzene rings is 3. The highest BCUT2D eigenvalue weighted by atomic mass is 32.2. The van der Waals surface area contributed by atoms with E-state index in [4.69, 9.17) is 9.47 Å². The van der Waals surface area contributed by atoms with Crippen LogP contribution in [-0.2, 0) is 9.53 Å². The number of amides is 1. The van der Waals surface area contributed by atoms with Crippen molar-refractivity contribution in [3.63, 3.8) is 0 Å². The van der Waals surface area contributed by atoms with E-state index in [1.165, 1.54) is 0 Å². The number of carbonyl (C=O) groups excluding carboxylic acids is 1. The van der Waals surface area contributed by atoms with Crippen LogP contribution in [-0.4, -0.2) is 25.2 Å². The lowest BCUT2D eigenvalue weighted by Gasteiger charge is -2.18. The summed E-state index contributed by atoms with van der Waals surface area (Å²) < 4.78 is 11.5. The first-order valence-corrected chi connectivity index (χ1v) is 11.1. The van der Waals surface area contributed by atoms with E-state index in [1.807, 2.05) is 84.9 Å². The van der Waals surface area contributed by atoms with Crippen molar-refractivity contribution >= 4 is 23.4 Å². The van der Waals surface area contributed by atoms with E-state index >= 15 is 0 Å². The third kappa shape index (κ3) is 5.65. The SMILES string of the molecule is O=C(Nc1cccc(OCC2CCCO2)c1)C(Sc1ccccc1)c1ccccc1. The molecule has 0 saturated carbocycles. The molecule has 2 unspecified atom stereocenters.